The Kier molecular flexibility index (Phi) is 4.41. The predicted octanol–water partition coefficient (Wildman–Crippen LogP) is 1.20. The van der Waals surface area contributed by atoms with E-state index in [1.807, 2.05) is 0 Å². The van der Waals surface area contributed by atoms with Gasteiger partial charge in [0.2, 0.25) is 0 Å². The van der Waals surface area contributed by atoms with Crippen LogP contribution in [0.5, 0.6) is 0 Å². The third-order valence-corrected chi connectivity index (χ3v) is 4.55. The summed E-state index contributed by atoms with van der Waals surface area (Å²) in [5, 5.41) is 10.7. The highest BCUT2D eigenvalue weighted by Gasteiger charge is 2.37. The molecule has 0 aromatic carbocycles. The van der Waals surface area contributed by atoms with Gasteiger partial charge in [0.15, 0.2) is 0 Å². The molecule has 2 fully saturated rings. The van der Waals surface area contributed by atoms with Crippen molar-refractivity contribution in [2.75, 3.05) is 19.6 Å². The van der Waals surface area contributed by atoms with Crippen molar-refractivity contribution in [1.82, 2.24) is 10.2 Å². The first-order valence-corrected chi connectivity index (χ1v) is 7.11. The van der Waals surface area contributed by atoms with Crippen LogP contribution in [0.3, 0.4) is 0 Å². The Hall–Kier alpha value is -1.57. The molecule has 5 heteroatoms. The van der Waals surface area contributed by atoms with Crippen LogP contribution in [0.15, 0.2) is 0 Å². The summed E-state index contributed by atoms with van der Waals surface area (Å²) in [7, 11) is 0. The lowest BCUT2D eigenvalue weighted by Crippen LogP contribution is -2.49. The van der Waals surface area contributed by atoms with E-state index in [1.165, 1.54) is 32.1 Å². The van der Waals surface area contributed by atoms with Gasteiger partial charge in [-0.15, -0.1) is 0 Å². The third kappa shape index (κ3) is 3.25. The zero-order valence-corrected chi connectivity index (χ0v) is 11.3. The molecule has 0 aromatic heterocycles. The van der Waals surface area contributed by atoms with E-state index in [4.69, 9.17) is 5.26 Å². The van der Waals surface area contributed by atoms with Crippen molar-refractivity contribution in [2.24, 2.45) is 5.41 Å². The van der Waals surface area contributed by atoms with Crippen LogP contribution in [0.2, 0.25) is 0 Å². The SMILES string of the molecule is N#CCNC(=O)C(=O)N1CCC2(CCCCC2)CC1. The van der Waals surface area contributed by atoms with Gasteiger partial charge < -0.3 is 10.2 Å². The van der Waals surface area contributed by atoms with Gasteiger partial charge in [0, 0.05) is 13.1 Å². The highest BCUT2D eigenvalue weighted by Crippen LogP contribution is 2.44. The van der Waals surface area contributed by atoms with E-state index >= 15 is 0 Å². The van der Waals surface area contributed by atoms with E-state index in [0.29, 0.717) is 18.5 Å². The molecule has 2 aliphatic rings. The largest absolute Gasteiger partial charge is 0.335 e. The quantitative estimate of drug-likeness (QED) is 0.570. The van der Waals surface area contributed by atoms with Gasteiger partial charge in [-0.1, -0.05) is 19.3 Å². The zero-order chi connectivity index (χ0) is 13.7. The van der Waals surface area contributed by atoms with Gasteiger partial charge in [0.05, 0.1) is 6.07 Å². The first-order valence-electron chi connectivity index (χ1n) is 7.11. The highest BCUT2D eigenvalue weighted by atomic mass is 16.2. The fourth-order valence-corrected chi connectivity index (χ4v) is 3.32. The van der Waals surface area contributed by atoms with E-state index in [9.17, 15) is 9.59 Å². The average molecular weight is 263 g/mol. The van der Waals surface area contributed by atoms with Crippen LogP contribution in [-0.2, 0) is 9.59 Å². The normalized spacial score (nSPS) is 21.7. The number of nitrogens with one attached hydrogen (secondary N) is 1. The molecule has 1 aliphatic heterocycles. The standard InChI is InChI=1S/C14H21N3O2/c15-8-9-16-12(18)13(19)17-10-6-14(7-11-17)4-2-1-3-5-14/h1-7,9-11H2,(H,16,18). The summed E-state index contributed by atoms with van der Waals surface area (Å²) < 4.78 is 0. The van der Waals surface area contributed by atoms with Crippen LogP contribution < -0.4 is 5.32 Å². The second-order valence-electron chi connectivity index (χ2n) is 5.69. The Balaban J connectivity index is 1.84. The van der Waals surface area contributed by atoms with E-state index in [-0.39, 0.29) is 6.54 Å². The van der Waals surface area contributed by atoms with E-state index < -0.39 is 11.8 Å². The van der Waals surface area contributed by atoms with Crippen molar-refractivity contribution < 1.29 is 9.59 Å². The minimum atomic E-state index is -0.652. The number of hydrogen-bond acceptors (Lipinski definition) is 3. The van der Waals surface area contributed by atoms with E-state index in [1.54, 1.807) is 11.0 Å². The summed E-state index contributed by atoms with van der Waals surface area (Å²) in [5.74, 6) is -1.14. The van der Waals surface area contributed by atoms with Gasteiger partial charge in [0.25, 0.3) is 0 Å². The number of nitriles is 1. The van der Waals surface area contributed by atoms with E-state index in [2.05, 4.69) is 5.32 Å². The zero-order valence-electron chi connectivity index (χ0n) is 11.3. The molecule has 1 aliphatic carbocycles. The molecule has 2 rings (SSSR count). The summed E-state index contributed by atoms with van der Waals surface area (Å²) >= 11 is 0. The fraction of sp³-hybridized carbons (Fsp3) is 0.786. The van der Waals surface area contributed by atoms with Crippen LogP contribution in [0.4, 0.5) is 0 Å². The maximum atomic E-state index is 11.9. The predicted molar refractivity (Wildman–Crippen MR) is 70.0 cm³/mol. The molecule has 0 atom stereocenters. The highest BCUT2D eigenvalue weighted by molar-refractivity contribution is 6.35. The monoisotopic (exact) mass is 263 g/mol. The summed E-state index contributed by atoms with van der Waals surface area (Å²) in [5.41, 5.74) is 0.429. The van der Waals surface area contributed by atoms with Crippen molar-refractivity contribution in [3.63, 3.8) is 0 Å². The lowest BCUT2D eigenvalue weighted by atomic mass is 9.68. The van der Waals surface area contributed by atoms with Crippen LogP contribution >= 0.6 is 0 Å². The number of carbonyl (C=O) groups is 2. The molecule has 1 heterocycles. The molecule has 0 radical (unpaired) electrons. The Bertz CT molecular complexity index is 384. The maximum Gasteiger partial charge on any atom is 0.311 e. The molecule has 19 heavy (non-hydrogen) atoms. The van der Waals surface area contributed by atoms with Crippen molar-refractivity contribution in [2.45, 2.75) is 44.9 Å². The Morgan fingerprint density at radius 2 is 1.74 bits per heavy atom. The summed E-state index contributed by atoms with van der Waals surface area (Å²) in [6.45, 7) is 1.25. The second kappa shape index (κ2) is 6.05. The molecule has 0 aromatic rings. The Morgan fingerprint density at radius 3 is 2.32 bits per heavy atom. The molecule has 2 amide bonds. The van der Waals surface area contributed by atoms with E-state index in [0.717, 1.165) is 12.8 Å². The summed E-state index contributed by atoms with van der Waals surface area (Å²) in [4.78, 5) is 25.0. The van der Waals surface area contributed by atoms with Crippen molar-refractivity contribution in [3.8, 4) is 6.07 Å². The molecular weight excluding hydrogens is 242 g/mol. The minimum absolute atomic E-state index is 0.109. The molecule has 1 saturated carbocycles. The molecule has 5 nitrogen and oxygen atoms in total. The molecule has 0 unspecified atom stereocenters. The van der Waals surface area contributed by atoms with Crippen LogP contribution in [-0.4, -0.2) is 36.3 Å². The first-order chi connectivity index (χ1) is 9.17. The molecule has 0 bridgehead atoms. The number of rotatable bonds is 1. The number of carbonyl (C=O) groups excluding carboxylic acids is 2. The maximum absolute atomic E-state index is 11.9. The van der Waals surface area contributed by atoms with Gasteiger partial charge in [-0.25, -0.2) is 0 Å². The number of nitrogens with zero attached hydrogens (tertiary/aromatic N) is 2. The minimum Gasteiger partial charge on any atom is -0.335 e. The second-order valence-corrected chi connectivity index (χ2v) is 5.69. The molecule has 1 N–H and O–H groups in total. The lowest BCUT2D eigenvalue weighted by Gasteiger charge is -2.44. The molecule has 1 spiro atoms. The number of likely N-dealkylation sites (tertiary alicyclic amines) is 1. The van der Waals surface area contributed by atoms with Crippen molar-refractivity contribution in [3.05, 3.63) is 0 Å². The number of piperidine rings is 1. The van der Waals surface area contributed by atoms with Crippen molar-refractivity contribution >= 4 is 11.8 Å². The summed E-state index contributed by atoms with van der Waals surface area (Å²) in [6.07, 6.45) is 8.52. The van der Waals surface area contributed by atoms with Crippen LogP contribution in [0.1, 0.15) is 44.9 Å². The average Bonchev–Trinajstić information content (AvgIpc) is 2.46. The van der Waals surface area contributed by atoms with Crippen LogP contribution in [0.25, 0.3) is 0 Å². The van der Waals surface area contributed by atoms with Crippen molar-refractivity contribution in [1.29, 1.82) is 5.26 Å². The van der Waals surface area contributed by atoms with Gasteiger partial charge in [-0.2, -0.15) is 5.26 Å². The Morgan fingerprint density at radius 1 is 1.11 bits per heavy atom. The fourth-order valence-electron chi connectivity index (χ4n) is 3.32. The lowest BCUT2D eigenvalue weighted by molar-refractivity contribution is -0.147. The molecular formula is C14H21N3O2. The smallest absolute Gasteiger partial charge is 0.311 e. The van der Waals surface area contributed by atoms with Gasteiger partial charge in [-0.05, 0) is 31.1 Å². The first kappa shape index (κ1) is 13.9. The summed E-state index contributed by atoms with van der Waals surface area (Å²) in [6, 6.07) is 1.80. The topological polar surface area (TPSA) is 73.2 Å². The third-order valence-electron chi connectivity index (χ3n) is 4.55. The number of hydrogen-bond donors (Lipinski definition) is 1. The van der Waals surface area contributed by atoms with Gasteiger partial charge >= 0.3 is 11.8 Å². The number of amides is 2. The molecule has 1 saturated heterocycles. The molecule has 104 valence electrons. The van der Waals surface area contributed by atoms with Gasteiger partial charge in [-0.3, -0.25) is 9.59 Å². The van der Waals surface area contributed by atoms with Crippen LogP contribution in [0, 0.1) is 16.7 Å². The van der Waals surface area contributed by atoms with Gasteiger partial charge in [0.1, 0.15) is 6.54 Å². The Labute approximate surface area is 113 Å².